The smallest absolute Gasteiger partial charge is 0.188 e. The van der Waals surface area contributed by atoms with Crippen molar-refractivity contribution in [2.45, 2.75) is 11.7 Å². The summed E-state index contributed by atoms with van der Waals surface area (Å²) in [6, 6.07) is 8.42. The van der Waals surface area contributed by atoms with Gasteiger partial charge in [-0.05, 0) is 5.56 Å². The Morgan fingerprint density at radius 3 is 2.21 bits per heavy atom. The Labute approximate surface area is 83.2 Å². The van der Waals surface area contributed by atoms with Crippen molar-refractivity contribution >= 4 is 0 Å². The van der Waals surface area contributed by atoms with Crippen LogP contribution in [0, 0.1) is 24.7 Å². The van der Waals surface area contributed by atoms with Gasteiger partial charge in [0.2, 0.25) is 0 Å². The lowest BCUT2D eigenvalue weighted by molar-refractivity contribution is -0.00463. The molecule has 1 rings (SSSR count). The molecule has 0 aliphatic heterocycles. The molecule has 0 heterocycles. The second kappa shape index (κ2) is 3.98. The predicted molar refractivity (Wildman–Crippen MR) is 54.0 cm³/mol. The number of aliphatic hydroxyl groups excluding tert-OH is 1. The third-order valence-electron chi connectivity index (χ3n) is 1.99. The van der Waals surface area contributed by atoms with E-state index in [1.165, 1.54) is 0 Å². The number of hydrogen-bond donors (Lipinski definition) is 2. The van der Waals surface area contributed by atoms with E-state index in [0.717, 1.165) is 0 Å². The number of terminal acetylenes is 2. The summed E-state index contributed by atoms with van der Waals surface area (Å²) >= 11 is 0. The predicted octanol–water partition coefficient (Wildman–Crippen LogP) is 0.502. The molecule has 2 heteroatoms. The second-order valence-corrected chi connectivity index (χ2v) is 2.85. The van der Waals surface area contributed by atoms with Crippen LogP contribution in [0.1, 0.15) is 5.56 Å². The third kappa shape index (κ3) is 1.63. The van der Waals surface area contributed by atoms with E-state index in [-0.39, 0.29) is 0 Å². The van der Waals surface area contributed by atoms with Gasteiger partial charge in [0, 0.05) is 0 Å². The average molecular weight is 186 g/mol. The van der Waals surface area contributed by atoms with Gasteiger partial charge in [0.25, 0.3) is 0 Å². The van der Waals surface area contributed by atoms with Gasteiger partial charge < -0.3 is 10.2 Å². The lowest BCUT2D eigenvalue weighted by Gasteiger charge is -2.24. The summed E-state index contributed by atoms with van der Waals surface area (Å²) in [6.07, 6.45) is 8.77. The summed E-state index contributed by atoms with van der Waals surface area (Å²) in [4.78, 5) is 0. The van der Waals surface area contributed by atoms with Gasteiger partial charge >= 0.3 is 0 Å². The fourth-order valence-electron chi connectivity index (χ4n) is 1.13. The molecule has 2 atom stereocenters. The average Bonchev–Trinajstić information content (AvgIpc) is 2.28. The summed E-state index contributed by atoms with van der Waals surface area (Å²) in [7, 11) is 0. The zero-order valence-electron chi connectivity index (χ0n) is 7.51. The zero-order valence-corrected chi connectivity index (χ0v) is 7.51. The first-order valence-corrected chi connectivity index (χ1v) is 4.05. The molecule has 2 nitrogen and oxygen atoms in total. The monoisotopic (exact) mass is 186 g/mol. The normalized spacial score (nSPS) is 16.0. The molecule has 0 aliphatic rings. The number of hydrogen-bond acceptors (Lipinski definition) is 2. The molecule has 14 heavy (non-hydrogen) atoms. The largest absolute Gasteiger partial charge is 0.376 e. The molecule has 0 fully saturated rings. The fraction of sp³-hybridized carbons (Fsp3) is 0.167. The fourth-order valence-corrected chi connectivity index (χ4v) is 1.13. The summed E-state index contributed by atoms with van der Waals surface area (Å²) in [5, 5.41) is 19.3. The van der Waals surface area contributed by atoms with Gasteiger partial charge in [-0.3, -0.25) is 0 Å². The highest BCUT2D eigenvalue weighted by Gasteiger charge is 2.34. The van der Waals surface area contributed by atoms with Gasteiger partial charge in [-0.15, -0.1) is 12.8 Å². The van der Waals surface area contributed by atoms with Crippen LogP contribution in [0.25, 0.3) is 0 Å². The Balaban J connectivity index is 3.18. The standard InChI is InChI=1S/C12H10O2/c1-3-11(13)12(14,4-2)10-8-6-5-7-9-10/h1-2,5-9,11,13-14H. The molecule has 1 aromatic rings. The van der Waals surface area contributed by atoms with Crippen LogP contribution >= 0.6 is 0 Å². The van der Waals surface area contributed by atoms with Crippen molar-refractivity contribution in [3.05, 3.63) is 35.9 Å². The van der Waals surface area contributed by atoms with Crippen LogP contribution in [0.4, 0.5) is 0 Å². The molecule has 0 aromatic heterocycles. The van der Waals surface area contributed by atoms with E-state index in [2.05, 4.69) is 5.92 Å². The molecule has 2 unspecified atom stereocenters. The highest BCUT2D eigenvalue weighted by Crippen LogP contribution is 2.23. The minimum absolute atomic E-state index is 0.410. The summed E-state index contributed by atoms with van der Waals surface area (Å²) < 4.78 is 0. The van der Waals surface area contributed by atoms with Crippen LogP contribution in [-0.2, 0) is 5.60 Å². The van der Waals surface area contributed by atoms with Gasteiger partial charge in [-0.25, -0.2) is 0 Å². The summed E-state index contributed by atoms with van der Waals surface area (Å²) in [6.45, 7) is 0. The lowest BCUT2D eigenvalue weighted by Crippen LogP contribution is -2.37. The van der Waals surface area contributed by atoms with E-state index < -0.39 is 11.7 Å². The Hall–Kier alpha value is -1.74. The zero-order chi connectivity index (χ0) is 10.6. The molecule has 0 spiro atoms. The molecule has 0 bridgehead atoms. The van der Waals surface area contributed by atoms with Gasteiger partial charge in [-0.2, -0.15) is 0 Å². The molecule has 0 saturated heterocycles. The Kier molecular flexibility index (Phi) is 2.94. The van der Waals surface area contributed by atoms with Gasteiger partial charge in [0.15, 0.2) is 11.7 Å². The minimum Gasteiger partial charge on any atom is -0.376 e. The van der Waals surface area contributed by atoms with E-state index in [1.807, 2.05) is 5.92 Å². The first-order chi connectivity index (χ1) is 6.65. The van der Waals surface area contributed by atoms with Crippen LogP contribution < -0.4 is 0 Å². The minimum atomic E-state index is -1.81. The molecule has 1 aromatic carbocycles. The van der Waals surface area contributed by atoms with Crippen molar-refractivity contribution < 1.29 is 10.2 Å². The van der Waals surface area contributed by atoms with Gasteiger partial charge in [-0.1, -0.05) is 42.2 Å². The topological polar surface area (TPSA) is 40.5 Å². The van der Waals surface area contributed by atoms with Crippen LogP contribution in [0.2, 0.25) is 0 Å². The Bertz CT molecular complexity index is 383. The number of benzene rings is 1. The van der Waals surface area contributed by atoms with E-state index in [4.69, 9.17) is 12.8 Å². The molecule has 0 radical (unpaired) electrons. The molecule has 0 saturated carbocycles. The Morgan fingerprint density at radius 2 is 1.79 bits per heavy atom. The number of aliphatic hydroxyl groups is 2. The summed E-state index contributed by atoms with van der Waals surface area (Å²) in [5.74, 6) is 4.13. The second-order valence-electron chi connectivity index (χ2n) is 2.85. The van der Waals surface area contributed by atoms with Crippen molar-refractivity contribution in [2.24, 2.45) is 0 Å². The number of rotatable bonds is 2. The maximum Gasteiger partial charge on any atom is 0.188 e. The molecular weight excluding hydrogens is 176 g/mol. The lowest BCUT2D eigenvalue weighted by atomic mass is 9.89. The maximum absolute atomic E-state index is 9.93. The van der Waals surface area contributed by atoms with Crippen molar-refractivity contribution in [3.63, 3.8) is 0 Å². The SMILES string of the molecule is C#CC(O)C(O)(C#C)c1ccccc1. The van der Waals surface area contributed by atoms with Crippen LogP contribution in [0.3, 0.4) is 0 Å². The van der Waals surface area contributed by atoms with E-state index >= 15 is 0 Å². The van der Waals surface area contributed by atoms with Crippen molar-refractivity contribution in [1.82, 2.24) is 0 Å². The van der Waals surface area contributed by atoms with E-state index in [1.54, 1.807) is 30.3 Å². The molecule has 70 valence electrons. The molecular formula is C12H10O2. The summed E-state index contributed by atoms with van der Waals surface area (Å²) in [5.41, 5.74) is -1.40. The van der Waals surface area contributed by atoms with Crippen LogP contribution in [-0.4, -0.2) is 16.3 Å². The van der Waals surface area contributed by atoms with Crippen molar-refractivity contribution in [3.8, 4) is 24.7 Å². The van der Waals surface area contributed by atoms with Gasteiger partial charge in [0.05, 0.1) is 0 Å². The van der Waals surface area contributed by atoms with Crippen molar-refractivity contribution in [2.75, 3.05) is 0 Å². The van der Waals surface area contributed by atoms with E-state index in [0.29, 0.717) is 5.56 Å². The quantitative estimate of drug-likeness (QED) is 0.660. The highest BCUT2D eigenvalue weighted by atomic mass is 16.3. The molecule has 0 amide bonds. The molecule has 0 aliphatic carbocycles. The van der Waals surface area contributed by atoms with E-state index in [9.17, 15) is 10.2 Å². The van der Waals surface area contributed by atoms with Crippen LogP contribution in [0.15, 0.2) is 30.3 Å². The van der Waals surface area contributed by atoms with Crippen molar-refractivity contribution in [1.29, 1.82) is 0 Å². The maximum atomic E-state index is 9.93. The van der Waals surface area contributed by atoms with Gasteiger partial charge in [0.1, 0.15) is 0 Å². The molecule has 2 N–H and O–H groups in total. The first-order valence-electron chi connectivity index (χ1n) is 4.05. The highest BCUT2D eigenvalue weighted by molar-refractivity contribution is 5.34. The third-order valence-corrected chi connectivity index (χ3v) is 1.99. The first kappa shape index (κ1) is 10.3. The Morgan fingerprint density at radius 1 is 1.21 bits per heavy atom. The van der Waals surface area contributed by atoms with Crippen LogP contribution in [0.5, 0.6) is 0 Å².